The number of carbonyl (C=O) groups is 1. The monoisotopic (exact) mass is 205 g/mol. The highest BCUT2D eigenvalue weighted by atomic mass is 16.4. The van der Waals surface area contributed by atoms with Crippen molar-refractivity contribution in [3.8, 4) is 12.3 Å². The Hall–Kier alpha value is -2.09. The largest absolute Gasteiger partial charge is 0.478 e. The zero-order valence-corrected chi connectivity index (χ0v) is 8.27. The van der Waals surface area contributed by atoms with E-state index in [0.717, 1.165) is 0 Å². The van der Waals surface area contributed by atoms with Crippen molar-refractivity contribution in [1.82, 2.24) is 9.97 Å². The second-order valence-corrected chi connectivity index (χ2v) is 3.05. The molecule has 1 rings (SSSR count). The number of aromatic carboxylic acids is 1. The molecule has 5 nitrogen and oxygen atoms in total. The van der Waals surface area contributed by atoms with E-state index in [1.807, 2.05) is 6.92 Å². The molecule has 0 saturated heterocycles. The third kappa shape index (κ3) is 3.27. The predicted molar refractivity (Wildman–Crippen MR) is 55.5 cm³/mol. The molecule has 0 aliphatic carbocycles. The number of carboxylic acid groups (broad SMARTS) is 1. The maximum Gasteiger partial charge on any atom is 0.338 e. The predicted octanol–water partition coefficient (Wildman–Crippen LogP) is 0.998. The Morgan fingerprint density at radius 1 is 1.67 bits per heavy atom. The molecule has 0 radical (unpaired) electrons. The molecule has 0 fully saturated rings. The Balaban J connectivity index is 2.65. The second-order valence-electron chi connectivity index (χ2n) is 3.05. The quantitative estimate of drug-likeness (QED) is 0.717. The average Bonchev–Trinajstić information content (AvgIpc) is 2.18. The van der Waals surface area contributed by atoms with Crippen LogP contribution in [0, 0.1) is 12.3 Å². The van der Waals surface area contributed by atoms with E-state index < -0.39 is 5.97 Å². The van der Waals surface area contributed by atoms with Gasteiger partial charge in [-0.2, -0.15) is 0 Å². The first-order valence-corrected chi connectivity index (χ1v) is 4.39. The van der Waals surface area contributed by atoms with Crippen LogP contribution in [0.4, 0.5) is 5.95 Å². The summed E-state index contributed by atoms with van der Waals surface area (Å²) < 4.78 is 0. The number of rotatable bonds is 4. The lowest BCUT2D eigenvalue weighted by Crippen LogP contribution is -2.16. The van der Waals surface area contributed by atoms with Crippen molar-refractivity contribution >= 4 is 11.9 Å². The molecule has 5 heteroatoms. The van der Waals surface area contributed by atoms with E-state index in [-0.39, 0.29) is 11.6 Å². The molecule has 0 saturated carbocycles. The third-order valence-corrected chi connectivity index (χ3v) is 1.70. The van der Waals surface area contributed by atoms with Crippen molar-refractivity contribution < 1.29 is 9.90 Å². The first-order valence-electron chi connectivity index (χ1n) is 4.39. The Labute approximate surface area is 87.6 Å². The second kappa shape index (κ2) is 4.96. The number of nitrogens with zero attached hydrogens (tertiary/aromatic N) is 2. The van der Waals surface area contributed by atoms with E-state index in [0.29, 0.717) is 12.4 Å². The van der Waals surface area contributed by atoms with Gasteiger partial charge in [0.2, 0.25) is 5.95 Å². The number of hydrogen-bond donors (Lipinski definition) is 2. The minimum absolute atomic E-state index is 0.0603. The lowest BCUT2D eigenvalue weighted by atomic mass is 10.2. The summed E-state index contributed by atoms with van der Waals surface area (Å²) in [6, 6.07) is 0.0608. The van der Waals surface area contributed by atoms with Crippen molar-refractivity contribution in [3.63, 3.8) is 0 Å². The van der Waals surface area contributed by atoms with Gasteiger partial charge in [0.15, 0.2) is 0 Å². The molecule has 1 atom stereocenters. The molecule has 0 aliphatic rings. The SMILES string of the molecule is C#CCC(C)Nc1ncc(C(=O)O)cn1. The van der Waals surface area contributed by atoms with Crippen molar-refractivity contribution in [2.45, 2.75) is 19.4 Å². The smallest absolute Gasteiger partial charge is 0.338 e. The zero-order chi connectivity index (χ0) is 11.3. The lowest BCUT2D eigenvalue weighted by Gasteiger charge is -2.09. The third-order valence-electron chi connectivity index (χ3n) is 1.70. The molecule has 2 N–H and O–H groups in total. The van der Waals surface area contributed by atoms with E-state index in [4.69, 9.17) is 11.5 Å². The first kappa shape index (κ1) is 11.0. The molecule has 0 spiro atoms. The van der Waals surface area contributed by atoms with Gasteiger partial charge < -0.3 is 10.4 Å². The standard InChI is InChI=1S/C10H11N3O2/c1-3-4-7(2)13-10-11-5-8(6-12-10)9(14)15/h1,5-7H,4H2,2H3,(H,14,15)(H,11,12,13). The number of nitrogens with one attached hydrogen (secondary N) is 1. The first-order chi connectivity index (χ1) is 7.13. The number of carboxylic acids is 1. The van der Waals surface area contributed by atoms with Crippen molar-refractivity contribution in [3.05, 3.63) is 18.0 Å². The van der Waals surface area contributed by atoms with Crippen LogP contribution in [0.15, 0.2) is 12.4 Å². The summed E-state index contributed by atoms with van der Waals surface area (Å²) in [6.45, 7) is 1.90. The Morgan fingerprint density at radius 3 is 2.73 bits per heavy atom. The molecule has 1 heterocycles. The van der Waals surface area contributed by atoms with Gasteiger partial charge in [-0.25, -0.2) is 14.8 Å². The van der Waals surface area contributed by atoms with Crippen LogP contribution < -0.4 is 5.32 Å². The van der Waals surface area contributed by atoms with Crippen molar-refractivity contribution in [2.24, 2.45) is 0 Å². The Bertz CT molecular complexity index is 381. The van der Waals surface area contributed by atoms with E-state index in [2.05, 4.69) is 21.2 Å². The van der Waals surface area contributed by atoms with Gasteiger partial charge in [-0.1, -0.05) is 0 Å². The minimum Gasteiger partial charge on any atom is -0.478 e. The number of anilines is 1. The van der Waals surface area contributed by atoms with Gasteiger partial charge in [0.1, 0.15) is 0 Å². The van der Waals surface area contributed by atoms with E-state index in [1.165, 1.54) is 12.4 Å². The van der Waals surface area contributed by atoms with E-state index in [9.17, 15) is 4.79 Å². The highest BCUT2D eigenvalue weighted by Gasteiger charge is 2.05. The highest BCUT2D eigenvalue weighted by Crippen LogP contribution is 2.03. The Morgan fingerprint density at radius 2 is 2.27 bits per heavy atom. The molecule has 0 aliphatic heterocycles. The Kier molecular flexibility index (Phi) is 3.63. The summed E-state index contributed by atoms with van der Waals surface area (Å²) >= 11 is 0. The van der Waals surface area contributed by atoms with Crippen LogP contribution in [-0.4, -0.2) is 27.1 Å². The van der Waals surface area contributed by atoms with Crippen LogP contribution >= 0.6 is 0 Å². The molecule has 0 bridgehead atoms. The van der Waals surface area contributed by atoms with E-state index >= 15 is 0 Å². The van der Waals surface area contributed by atoms with Crippen LogP contribution in [0.2, 0.25) is 0 Å². The minimum atomic E-state index is -1.04. The number of terminal acetylenes is 1. The van der Waals surface area contributed by atoms with Gasteiger partial charge in [0.05, 0.1) is 5.56 Å². The van der Waals surface area contributed by atoms with Gasteiger partial charge in [0, 0.05) is 24.9 Å². The van der Waals surface area contributed by atoms with E-state index in [1.54, 1.807) is 0 Å². The van der Waals surface area contributed by atoms with Crippen LogP contribution in [0.3, 0.4) is 0 Å². The molecule has 78 valence electrons. The number of hydrogen-bond acceptors (Lipinski definition) is 4. The summed E-state index contributed by atoms with van der Waals surface area (Å²) in [5.74, 6) is 1.84. The molecule has 0 amide bonds. The molecule has 1 aromatic rings. The van der Waals surface area contributed by atoms with Crippen LogP contribution in [0.1, 0.15) is 23.7 Å². The summed E-state index contributed by atoms with van der Waals surface area (Å²) in [7, 11) is 0. The molecule has 1 unspecified atom stereocenters. The highest BCUT2D eigenvalue weighted by molar-refractivity contribution is 5.86. The maximum atomic E-state index is 10.5. The van der Waals surface area contributed by atoms with Gasteiger partial charge in [0.25, 0.3) is 0 Å². The van der Waals surface area contributed by atoms with Gasteiger partial charge in [-0.3, -0.25) is 0 Å². The van der Waals surface area contributed by atoms with Crippen molar-refractivity contribution in [1.29, 1.82) is 0 Å². The summed E-state index contributed by atoms with van der Waals surface area (Å²) in [5.41, 5.74) is 0.0603. The summed E-state index contributed by atoms with van der Waals surface area (Å²) in [6.07, 6.45) is 8.20. The van der Waals surface area contributed by atoms with Crippen LogP contribution in [0.25, 0.3) is 0 Å². The fourth-order valence-corrected chi connectivity index (χ4v) is 0.961. The molecular weight excluding hydrogens is 194 g/mol. The average molecular weight is 205 g/mol. The van der Waals surface area contributed by atoms with Crippen LogP contribution in [-0.2, 0) is 0 Å². The lowest BCUT2D eigenvalue weighted by molar-refractivity contribution is 0.0696. The van der Waals surface area contributed by atoms with Gasteiger partial charge >= 0.3 is 5.97 Å². The zero-order valence-electron chi connectivity index (χ0n) is 8.27. The molecular formula is C10H11N3O2. The summed E-state index contributed by atoms with van der Waals surface area (Å²) in [4.78, 5) is 18.2. The fraction of sp³-hybridized carbons (Fsp3) is 0.300. The molecule has 0 aromatic carbocycles. The summed E-state index contributed by atoms with van der Waals surface area (Å²) in [5, 5.41) is 11.6. The van der Waals surface area contributed by atoms with Crippen molar-refractivity contribution in [2.75, 3.05) is 5.32 Å². The normalized spacial score (nSPS) is 11.5. The maximum absolute atomic E-state index is 10.5. The molecule has 1 aromatic heterocycles. The topological polar surface area (TPSA) is 75.1 Å². The van der Waals surface area contributed by atoms with Gasteiger partial charge in [-0.15, -0.1) is 12.3 Å². The fourth-order valence-electron chi connectivity index (χ4n) is 0.961. The van der Waals surface area contributed by atoms with Crippen LogP contribution in [0.5, 0.6) is 0 Å². The number of aromatic nitrogens is 2. The molecule has 15 heavy (non-hydrogen) atoms. The van der Waals surface area contributed by atoms with Gasteiger partial charge in [-0.05, 0) is 6.92 Å².